The topological polar surface area (TPSA) is 11.0 Å². The van der Waals surface area contributed by atoms with Crippen molar-refractivity contribution in [3.8, 4) is 0 Å². The van der Waals surface area contributed by atoms with E-state index in [1.54, 1.807) is 0 Å². The van der Waals surface area contributed by atoms with Crippen LogP contribution in [0.5, 0.6) is 0 Å². The smallest absolute Gasteiger partial charge is 0.169 e. The van der Waals surface area contributed by atoms with E-state index in [9.17, 15) is 0 Å². The van der Waals surface area contributed by atoms with Crippen molar-refractivity contribution in [1.82, 2.24) is 0 Å². The van der Waals surface area contributed by atoms with Gasteiger partial charge in [0.1, 0.15) is 13.1 Å². The highest BCUT2D eigenvalue weighted by Crippen LogP contribution is 2.35. The number of unbranched alkanes of at least 4 members (excludes halogenated alkanes) is 18. The van der Waals surface area contributed by atoms with Gasteiger partial charge < -0.3 is 4.90 Å². The van der Waals surface area contributed by atoms with Gasteiger partial charge in [-0.2, -0.15) is 0 Å². The van der Waals surface area contributed by atoms with E-state index in [1.807, 2.05) is 0 Å². The van der Waals surface area contributed by atoms with Gasteiger partial charge >= 0.3 is 0 Å². The fourth-order valence-corrected chi connectivity index (χ4v) is 7.90. The van der Waals surface area contributed by atoms with E-state index in [4.69, 9.17) is 0 Å². The maximum absolute atomic E-state index is 2.33. The lowest BCUT2D eigenvalue weighted by Gasteiger charge is -2.25. The zero-order valence-corrected chi connectivity index (χ0v) is 36.8. The summed E-state index contributed by atoms with van der Waals surface area (Å²) >= 11 is 0. The van der Waals surface area contributed by atoms with Gasteiger partial charge in [0.25, 0.3) is 0 Å². The molecular formula is C56H75N3+2. The number of aromatic nitrogens is 2. The molecule has 0 aliphatic carbocycles. The van der Waals surface area contributed by atoms with Crippen LogP contribution in [0.25, 0.3) is 24.3 Å². The Morgan fingerprint density at radius 2 is 0.610 bits per heavy atom. The molecular weight excluding hydrogens is 715 g/mol. The van der Waals surface area contributed by atoms with Gasteiger partial charge in [-0.3, -0.25) is 0 Å². The fraction of sp³-hybridized carbons (Fsp3) is 0.429. The third kappa shape index (κ3) is 17.6. The second-order valence-electron chi connectivity index (χ2n) is 16.6. The van der Waals surface area contributed by atoms with E-state index in [2.05, 4.69) is 180 Å². The first-order valence-electron chi connectivity index (χ1n) is 23.6. The van der Waals surface area contributed by atoms with Crippen LogP contribution in [0.3, 0.4) is 0 Å². The highest BCUT2D eigenvalue weighted by atomic mass is 15.1. The molecule has 5 aromatic rings. The Labute approximate surface area is 359 Å². The number of aryl methyl sites for hydroxylation is 2. The van der Waals surface area contributed by atoms with Gasteiger partial charge in [0.15, 0.2) is 24.8 Å². The Kier molecular flexibility index (Phi) is 21.4. The minimum Gasteiger partial charge on any atom is -0.311 e. The third-order valence-electron chi connectivity index (χ3n) is 11.6. The Bertz CT molecular complexity index is 1740. The van der Waals surface area contributed by atoms with Gasteiger partial charge in [-0.05, 0) is 71.5 Å². The molecule has 0 aliphatic rings. The average molecular weight is 790 g/mol. The largest absolute Gasteiger partial charge is 0.311 e. The molecule has 0 radical (unpaired) electrons. The van der Waals surface area contributed by atoms with Crippen LogP contribution in [0.1, 0.15) is 165 Å². The van der Waals surface area contributed by atoms with E-state index in [0.717, 1.165) is 30.2 Å². The number of nitrogens with zero attached hydrogens (tertiary/aromatic N) is 3. The van der Waals surface area contributed by atoms with Gasteiger partial charge in [-0.15, -0.1) is 0 Å². The fourth-order valence-electron chi connectivity index (χ4n) is 7.90. The van der Waals surface area contributed by atoms with Crippen LogP contribution in [0.2, 0.25) is 0 Å². The molecule has 0 spiro atoms. The molecule has 312 valence electrons. The molecule has 2 aromatic heterocycles. The van der Waals surface area contributed by atoms with Crippen LogP contribution in [-0.4, -0.2) is 0 Å². The molecule has 0 unspecified atom stereocenters. The van der Waals surface area contributed by atoms with Crippen molar-refractivity contribution in [2.24, 2.45) is 0 Å². The molecule has 3 aromatic carbocycles. The molecule has 0 atom stereocenters. The van der Waals surface area contributed by atoms with Crippen molar-refractivity contribution < 1.29 is 9.13 Å². The first-order valence-corrected chi connectivity index (χ1v) is 23.6. The number of hydrogen-bond donors (Lipinski definition) is 0. The molecule has 5 rings (SSSR count). The number of anilines is 3. The number of pyridine rings is 2. The number of hydrogen-bond acceptors (Lipinski definition) is 1. The minimum atomic E-state index is 1.10. The van der Waals surface area contributed by atoms with Crippen molar-refractivity contribution in [2.75, 3.05) is 4.90 Å². The van der Waals surface area contributed by atoms with Crippen molar-refractivity contribution in [3.63, 3.8) is 0 Å². The summed E-state index contributed by atoms with van der Waals surface area (Å²) in [5.74, 6) is 0. The van der Waals surface area contributed by atoms with Crippen molar-refractivity contribution in [2.45, 2.75) is 155 Å². The van der Waals surface area contributed by atoms with Gasteiger partial charge in [-0.1, -0.05) is 183 Å². The minimum absolute atomic E-state index is 1.10. The average Bonchev–Trinajstić information content (AvgIpc) is 3.28. The maximum Gasteiger partial charge on any atom is 0.169 e. The Morgan fingerprint density at radius 1 is 0.322 bits per heavy atom. The Hall–Kier alpha value is -4.76. The van der Waals surface area contributed by atoms with Gasteiger partial charge in [0.05, 0.1) is 0 Å². The zero-order chi connectivity index (χ0) is 41.0. The number of rotatable bonds is 29. The maximum atomic E-state index is 2.33. The van der Waals surface area contributed by atoms with Crippen LogP contribution in [-0.2, 0) is 13.1 Å². The molecule has 3 nitrogen and oxygen atoms in total. The van der Waals surface area contributed by atoms with Gasteiger partial charge in [-0.25, -0.2) is 9.13 Å². The van der Waals surface area contributed by atoms with Crippen LogP contribution in [0, 0.1) is 0 Å². The van der Waals surface area contributed by atoms with E-state index in [1.165, 1.54) is 151 Å². The highest BCUT2D eigenvalue weighted by molar-refractivity contribution is 5.79. The molecule has 0 aliphatic heterocycles. The summed E-state index contributed by atoms with van der Waals surface area (Å²) in [6, 6.07) is 37.3. The lowest BCUT2D eigenvalue weighted by Crippen LogP contribution is -2.32. The van der Waals surface area contributed by atoms with Crippen molar-refractivity contribution >= 4 is 41.4 Å². The Morgan fingerprint density at radius 3 is 0.949 bits per heavy atom. The summed E-state index contributed by atoms with van der Waals surface area (Å²) in [5, 5.41) is 0. The summed E-state index contributed by atoms with van der Waals surface area (Å²) < 4.78 is 4.66. The summed E-state index contributed by atoms with van der Waals surface area (Å²) in [6.07, 6.45) is 45.3. The summed E-state index contributed by atoms with van der Waals surface area (Å²) in [5.41, 5.74) is 8.25. The van der Waals surface area contributed by atoms with Crippen LogP contribution < -0.4 is 14.0 Å². The zero-order valence-electron chi connectivity index (χ0n) is 36.8. The molecule has 3 heteroatoms. The lowest BCUT2D eigenvalue weighted by atomic mass is 10.1. The monoisotopic (exact) mass is 790 g/mol. The first-order chi connectivity index (χ1) is 29.2. The number of benzene rings is 3. The molecule has 0 saturated carbocycles. The van der Waals surface area contributed by atoms with Crippen molar-refractivity contribution in [3.05, 3.63) is 150 Å². The Balaban J connectivity index is 1.08. The molecule has 0 amide bonds. The third-order valence-corrected chi connectivity index (χ3v) is 11.6. The summed E-state index contributed by atoms with van der Waals surface area (Å²) in [6.45, 7) is 6.79. The standard InChI is InChI=1S/C56H75N3/c1-3-5-7-9-11-13-15-17-19-24-44-57-46-40-52(41-47-57)30-28-50-32-36-55(37-33-50)59(54-26-22-21-23-27-54)56-38-34-51(35-39-56)29-31-53-42-48-58(49-43-53)45-25-20-18-16-14-12-10-8-6-4-2/h21-23,26-43,46-49H,3-20,24-25,44-45H2,1-2H3/q+2. The molecule has 0 saturated heterocycles. The predicted octanol–water partition coefficient (Wildman–Crippen LogP) is 15.9. The SMILES string of the molecule is CCCCCCCCCCCC[n+]1ccc(/C=C/c2ccc(N(c3ccccc3)c3ccc(/C=C/c4cc[n+](CCCCCCCCCCCC)cc4)cc3)cc2)cc1. The second-order valence-corrected chi connectivity index (χ2v) is 16.6. The van der Waals surface area contributed by atoms with E-state index >= 15 is 0 Å². The van der Waals surface area contributed by atoms with E-state index in [0.29, 0.717) is 0 Å². The normalized spacial score (nSPS) is 11.6. The second kappa shape index (κ2) is 27.8. The quantitative estimate of drug-likeness (QED) is 0.0347. The lowest BCUT2D eigenvalue weighted by molar-refractivity contribution is -0.697. The molecule has 2 heterocycles. The summed E-state index contributed by atoms with van der Waals surface area (Å²) in [7, 11) is 0. The predicted molar refractivity (Wildman–Crippen MR) is 256 cm³/mol. The van der Waals surface area contributed by atoms with Crippen LogP contribution in [0.15, 0.2) is 128 Å². The molecule has 59 heavy (non-hydrogen) atoms. The van der Waals surface area contributed by atoms with Crippen LogP contribution >= 0.6 is 0 Å². The van der Waals surface area contributed by atoms with Gasteiger partial charge in [0.2, 0.25) is 0 Å². The number of para-hydroxylation sites is 1. The molecule has 0 fully saturated rings. The highest BCUT2D eigenvalue weighted by Gasteiger charge is 2.12. The first kappa shape index (κ1) is 45.3. The molecule has 0 bridgehead atoms. The van der Waals surface area contributed by atoms with Crippen molar-refractivity contribution in [1.29, 1.82) is 0 Å². The summed E-state index contributed by atoms with van der Waals surface area (Å²) in [4.78, 5) is 2.33. The molecule has 0 N–H and O–H groups in total. The van der Waals surface area contributed by atoms with Gasteiger partial charge in [0, 0.05) is 54.2 Å². The van der Waals surface area contributed by atoms with E-state index < -0.39 is 0 Å². The van der Waals surface area contributed by atoms with Crippen LogP contribution in [0.4, 0.5) is 17.1 Å². The van der Waals surface area contributed by atoms with E-state index in [-0.39, 0.29) is 0 Å².